The second-order valence-corrected chi connectivity index (χ2v) is 10.7. The van der Waals surface area contributed by atoms with Gasteiger partial charge in [0, 0.05) is 0 Å². The molecule has 0 rings (SSSR count). The summed E-state index contributed by atoms with van der Waals surface area (Å²) in [7, 11) is -3.37. The van der Waals surface area contributed by atoms with Crippen LogP contribution in [0.2, 0.25) is 10.1 Å². The summed E-state index contributed by atoms with van der Waals surface area (Å²) in [6, 6.07) is 0. The number of carbonyl (C=O) groups excluding carboxylic acids is 1. The lowest BCUT2D eigenvalue weighted by Gasteiger charge is -2.42. The van der Waals surface area contributed by atoms with Crippen molar-refractivity contribution in [3.05, 3.63) is 0 Å². The first kappa shape index (κ1) is 12.8. The molecular weight excluding hydrogens is 183 g/mol. The summed E-state index contributed by atoms with van der Waals surface area (Å²) in [6.07, 6.45) is 0. The van der Waals surface area contributed by atoms with Crippen molar-refractivity contribution in [1.82, 2.24) is 0 Å². The average Bonchev–Trinajstić information content (AvgIpc) is 1.80. The van der Waals surface area contributed by atoms with Crippen LogP contribution in [0.25, 0.3) is 0 Å². The van der Waals surface area contributed by atoms with Crippen molar-refractivity contribution in [1.29, 1.82) is 0 Å². The fourth-order valence-corrected chi connectivity index (χ4v) is 6.54. The first-order valence-electron chi connectivity index (χ1n) is 4.64. The van der Waals surface area contributed by atoms with Gasteiger partial charge in [-0.1, -0.05) is 41.5 Å². The molecule has 0 aliphatic heterocycles. The highest BCUT2D eigenvalue weighted by Crippen LogP contribution is 2.52. The van der Waals surface area contributed by atoms with Crippen molar-refractivity contribution in [3.63, 3.8) is 0 Å². The summed E-state index contributed by atoms with van der Waals surface area (Å²) in [5.41, 5.74) is 0. The van der Waals surface area contributed by atoms with Crippen LogP contribution in [0.15, 0.2) is 0 Å². The highest BCUT2D eigenvalue weighted by molar-refractivity contribution is 7.04. The summed E-state index contributed by atoms with van der Waals surface area (Å²) >= 11 is 0. The molecule has 0 aliphatic rings. The van der Waals surface area contributed by atoms with Crippen LogP contribution < -0.4 is 0 Å². The Hall–Kier alpha value is -0.183. The van der Waals surface area contributed by atoms with E-state index in [2.05, 4.69) is 0 Å². The molecule has 0 aliphatic carbocycles. The van der Waals surface area contributed by atoms with E-state index >= 15 is 0 Å². The Morgan fingerprint density at radius 3 is 1.23 bits per heavy atom. The van der Waals surface area contributed by atoms with Gasteiger partial charge in [-0.25, -0.2) is 0 Å². The second-order valence-electron chi connectivity index (χ2n) is 5.71. The van der Waals surface area contributed by atoms with E-state index in [1.165, 1.54) is 6.92 Å². The lowest BCUT2D eigenvalue weighted by Crippen LogP contribution is -2.54. The molecule has 0 aromatic rings. The van der Waals surface area contributed by atoms with Gasteiger partial charge in [0.1, 0.15) is 5.41 Å². The van der Waals surface area contributed by atoms with E-state index in [4.69, 9.17) is 0 Å². The maximum atomic E-state index is 14.7. The molecule has 0 atom stereocenters. The van der Waals surface area contributed by atoms with Gasteiger partial charge in [-0.15, -0.1) is 0 Å². The molecule has 0 aromatic heterocycles. The van der Waals surface area contributed by atoms with E-state index in [1.54, 1.807) is 0 Å². The van der Waals surface area contributed by atoms with Crippen molar-refractivity contribution in [2.24, 2.45) is 0 Å². The van der Waals surface area contributed by atoms with Gasteiger partial charge < -0.3 is 8.90 Å². The minimum Gasteiger partial charge on any atom is -0.303 e. The molecule has 0 saturated carbocycles. The van der Waals surface area contributed by atoms with E-state index in [9.17, 15) is 8.90 Å². The number of hydrogen-bond donors (Lipinski definition) is 0. The van der Waals surface area contributed by atoms with Gasteiger partial charge in [-0.2, -0.15) is 0 Å². The third-order valence-corrected chi connectivity index (χ3v) is 7.66. The summed E-state index contributed by atoms with van der Waals surface area (Å²) in [5, 5.41) is -1.28. The molecule has 0 amide bonds. The van der Waals surface area contributed by atoms with Gasteiger partial charge in [0.05, 0.1) is 0 Å². The number of carbonyl (C=O) groups is 1. The van der Waals surface area contributed by atoms with Gasteiger partial charge in [0.2, 0.25) is 0 Å². The zero-order chi connectivity index (χ0) is 11.1. The molecule has 1 nitrogen and oxygen atoms in total. The van der Waals surface area contributed by atoms with Crippen LogP contribution in [0.4, 0.5) is 4.11 Å². The molecule has 0 unspecified atom stereocenters. The van der Waals surface area contributed by atoms with E-state index in [0.29, 0.717) is 0 Å². The largest absolute Gasteiger partial charge is 0.326 e. The van der Waals surface area contributed by atoms with Crippen LogP contribution in [0.5, 0.6) is 0 Å². The van der Waals surface area contributed by atoms with Crippen LogP contribution in [0, 0.1) is 0 Å². The molecule has 3 heteroatoms. The Balaban J connectivity index is 5.35. The maximum absolute atomic E-state index is 14.7. The molecule has 0 bridgehead atoms. The SMILES string of the molecule is CC(=O)[Si](F)(C(C)(C)C)C(C)(C)C. The smallest absolute Gasteiger partial charge is 0.303 e. The van der Waals surface area contributed by atoms with Crippen molar-refractivity contribution < 1.29 is 8.90 Å². The summed E-state index contributed by atoms with van der Waals surface area (Å²) < 4.78 is 14.7. The lowest BCUT2D eigenvalue weighted by atomic mass is 10.2. The quantitative estimate of drug-likeness (QED) is 0.471. The van der Waals surface area contributed by atoms with Crippen LogP contribution in [-0.2, 0) is 4.79 Å². The van der Waals surface area contributed by atoms with Gasteiger partial charge in [0.25, 0.3) is 0 Å². The highest BCUT2D eigenvalue weighted by atomic mass is 28.4. The van der Waals surface area contributed by atoms with E-state index in [1.807, 2.05) is 41.5 Å². The Bertz CT molecular complexity index is 196. The molecule has 0 aromatic carbocycles. The van der Waals surface area contributed by atoms with Gasteiger partial charge in [0.15, 0.2) is 0 Å². The van der Waals surface area contributed by atoms with Gasteiger partial charge >= 0.3 is 8.41 Å². The highest BCUT2D eigenvalue weighted by Gasteiger charge is 2.59. The maximum Gasteiger partial charge on any atom is 0.326 e. The topological polar surface area (TPSA) is 17.1 Å². The summed E-state index contributed by atoms with van der Waals surface area (Å²) in [6.45, 7) is 12.3. The predicted molar refractivity (Wildman–Crippen MR) is 57.0 cm³/mol. The molecule has 0 fully saturated rings. The molecule has 0 spiro atoms. The van der Waals surface area contributed by atoms with Crippen molar-refractivity contribution in [2.75, 3.05) is 0 Å². The minimum atomic E-state index is -3.37. The van der Waals surface area contributed by atoms with Crippen molar-refractivity contribution in [3.8, 4) is 0 Å². The normalized spacial score (nSPS) is 14.5. The van der Waals surface area contributed by atoms with E-state index in [-0.39, 0.29) is 5.41 Å². The molecular formula is C10H21FOSi. The molecule has 13 heavy (non-hydrogen) atoms. The van der Waals surface area contributed by atoms with Crippen LogP contribution in [0.1, 0.15) is 48.5 Å². The molecule has 0 radical (unpaired) electrons. The Morgan fingerprint density at radius 2 is 1.23 bits per heavy atom. The van der Waals surface area contributed by atoms with E-state index in [0.717, 1.165) is 0 Å². The third-order valence-electron chi connectivity index (χ3n) is 2.55. The fraction of sp³-hybridized carbons (Fsp3) is 0.900. The minimum absolute atomic E-state index is 0.243. The Morgan fingerprint density at radius 1 is 1.00 bits per heavy atom. The van der Waals surface area contributed by atoms with Crippen LogP contribution in [0.3, 0.4) is 0 Å². The third kappa shape index (κ3) is 2.01. The standard InChI is InChI=1S/C10H21FOSi/c1-8(12)13(11,9(2,3)4)10(5,6)7/h1-7H3. The fourth-order valence-electron chi connectivity index (χ4n) is 2.18. The monoisotopic (exact) mass is 204 g/mol. The predicted octanol–water partition coefficient (Wildman–Crippen LogP) is 3.63. The van der Waals surface area contributed by atoms with Crippen LogP contribution >= 0.6 is 0 Å². The molecule has 0 N–H and O–H groups in total. The first-order chi connectivity index (χ1) is 5.44. The molecule has 78 valence electrons. The summed E-state index contributed by atoms with van der Waals surface area (Å²) in [5.74, 6) is 0. The molecule has 0 heterocycles. The van der Waals surface area contributed by atoms with E-state index < -0.39 is 18.5 Å². The van der Waals surface area contributed by atoms with Gasteiger partial charge in [-0.3, -0.25) is 0 Å². The summed E-state index contributed by atoms with van der Waals surface area (Å²) in [4.78, 5) is 11.4. The van der Waals surface area contributed by atoms with Crippen molar-refractivity contribution in [2.45, 2.75) is 58.5 Å². The first-order valence-corrected chi connectivity index (χ1v) is 6.52. The lowest BCUT2D eigenvalue weighted by molar-refractivity contribution is -0.112. The number of hydrogen-bond acceptors (Lipinski definition) is 1. The Labute approximate surface area is 81.9 Å². The second kappa shape index (κ2) is 3.19. The number of rotatable bonds is 1. The zero-order valence-corrected chi connectivity index (χ0v) is 10.8. The Kier molecular flexibility index (Phi) is 3.15. The number of halogens is 1. The van der Waals surface area contributed by atoms with Crippen molar-refractivity contribution >= 4 is 13.8 Å². The van der Waals surface area contributed by atoms with Gasteiger partial charge in [-0.05, 0) is 17.0 Å². The molecule has 0 saturated heterocycles. The van der Waals surface area contributed by atoms with Crippen LogP contribution in [-0.4, -0.2) is 13.8 Å². The average molecular weight is 204 g/mol. The zero-order valence-electron chi connectivity index (χ0n) is 9.79.